The topological polar surface area (TPSA) is 53.3 Å². The summed E-state index contributed by atoms with van der Waals surface area (Å²) < 4.78 is 2.25. The maximum atomic E-state index is 9.85. The Kier molecular flexibility index (Phi) is 5.80. The van der Waals surface area contributed by atoms with E-state index in [4.69, 9.17) is 23.8 Å². The number of nitrogens with one attached hydrogen (secondary N) is 1. The Morgan fingerprint density at radius 2 is 1.76 bits per heavy atom. The molecule has 3 heterocycles. The van der Waals surface area contributed by atoms with Gasteiger partial charge >= 0.3 is 0 Å². The molecule has 0 saturated carbocycles. The Bertz CT molecular complexity index is 1370. The summed E-state index contributed by atoms with van der Waals surface area (Å²) in [5, 5.41) is 14.7. The van der Waals surface area contributed by atoms with Crippen LogP contribution in [0, 0.1) is 20.8 Å². The van der Waals surface area contributed by atoms with Crippen molar-refractivity contribution in [2.24, 2.45) is 0 Å². The first-order valence-corrected chi connectivity index (χ1v) is 11.9. The predicted octanol–water partition coefficient (Wildman–Crippen LogP) is 6.33. The van der Waals surface area contributed by atoms with Crippen molar-refractivity contribution >= 4 is 34.6 Å². The van der Waals surface area contributed by atoms with Crippen molar-refractivity contribution in [1.82, 2.24) is 14.9 Å². The van der Waals surface area contributed by atoms with Crippen molar-refractivity contribution in [2.75, 3.05) is 4.90 Å². The molecule has 5 rings (SSSR count). The number of anilines is 1. The number of halogens is 1. The third-order valence-corrected chi connectivity index (χ3v) is 7.22. The molecule has 5 nitrogen and oxygen atoms in total. The number of phenols is 1. The maximum absolute atomic E-state index is 9.85. The number of aromatic hydroxyl groups is 1. The lowest BCUT2D eigenvalue weighted by Crippen LogP contribution is -2.29. The molecule has 172 valence electrons. The van der Waals surface area contributed by atoms with Gasteiger partial charge in [-0.15, -0.1) is 0 Å². The van der Waals surface area contributed by atoms with Gasteiger partial charge < -0.3 is 19.9 Å². The van der Waals surface area contributed by atoms with Gasteiger partial charge in [0.1, 0.15) is 5.75 Å². The largest absolute Gasteiger partial charge is 0.508 e. The second-order valence-electron chi connectivity index (χ2n) is 8.56. The van der Waals surface area contributed by atoms with Gasteiger partial charge in [-0.05, 0) is 98.7 Å². The third-order valence-electron chi connectivity index (χ3n) is 6.49. The van der Waals surface area contributed by atoms with Gasteiger partial charge in [-0.25, -0.2) is 0 Å². The smallest absolute Gasteiger partial charge is 0.174 e. The number of rotatable bonds is 4. The van der Waals surface area contributed by atoms with Crippen LogP contribution in [0.4, 0.5) is 5.69 Å². The molecular weight excluding hydrogens is 464 g/mol. The molecule has 1 fully saturated rings. The summed E-state index contributed by atoms with van der Waals surface area (Å²) in [4.78, 5) is 6.76. The second kappa shape index (κ2) is 8.78. The molecule has 7 heteroatoms. The van der Waals surface area contributed by atoms with Crippen molar-refractivity contribution in [3.05, 3.63) is 106 Å². The molecule has 1 aliphatic rings. The zero-order valence-corrected chi connectivity index (χ0v) is 20.7. The molecule has 2 aromatic carbocycles. The number of thiocarbonyl (C=S) groups is 1. The summed E-state index contributed by atoms with van der Waals surface area (Å²) in [5.41, 5.74) is 7.29. The molecule has 34 heavy (non-hydrogen) atoms. The van der Waals surface area contributed by atoms with Crippen LogP contribution in [-0.2, 0) is 0 Å². The average Bonchev–Trinajstić information content (AvgIpc) is 3.32. The number of benzene rings is 2. The van der Waals surface area contributed by atoms with Crippen molar-refractivity contribution in [2.45, 2.75) is 32.9 Å². The van der Waals surface area contributed by atoms with Crippen molar-refractivity contribution in [3.63, 3.8) is 0 Å². The molecule has 0 amide bonds. The minimum Gasteiger partial charge on any atom is -0.508 e. The van der Waals surface area contributed by atoms with Gasteiger partial charge in [0.2, 0.25) is 0 Å². The van der Waals surface area contributed by atoms with Gasteiger partial charge in [0.25, 0.3) is 0 Å². The highest BCUT2D eigenvalue weighted by atomic mass is 35.5. The van der Waals surface area contributed by atoms with E-state index in [0.29, 0.717) is 5.11 Å². The van der Waals surface area contributed by atoms with E-state index in [9.17, 15) is 5.11 Å². The van der Waals surface area contributed by atoms with Crippen LogP contribution in [0.1, 0.15) is 40.3 Å². The summed E-state index contributed by atoms with van der Waals surface area (Å²) in [5.74, 6) is 0.217. The van der Waals surface area contributed by atoms with E-state index < -0.39 is 0 Å². The SMILES string of the molecule is Cc1c(Cl)cccc1-n1c(C)cc([C@@H]2[C@@H](c3ccccn3)NC(=S)N2c2ccc(O)cc2)c1C. The van der Waals surface area contributed by atoms with Crippen LogP contribution < -0.4 is 10.2 Å². The fourth-order valence-corrected chi connectivity index (χ4v) is 5.37. The minimum atomic E-state index is -0.142. The number of aromatic nitrogens is 2. The Balaban J connectivity index is 1.70. The van der Waals surface area contributed by atoms with Crippen molar-refractivity contribution < 1.29 is 5.11 Å². The van der Waals surface area contributed by atoms with Gasteiger partial charge in [0.15, 0.2) is 5.11 Å². The molecule has 1 aliphatic heterocycles. The minimum absolute atomic E-state index is 0.133. The summed E-state index contributed by atoms with van der Waals surface area (Å²) >= 11 is 12.3. The lowest BCUT2D eigenvalue weighted by molar-refractivity contribution is 0.475. The molecular formula is C27H25ClN4OS. The number of hydrogen-bond donors (Lipinski definition) is 2. The Morgan fingerprint density at radius 1 is 1.00 bits per heavy atom. The van der Waals surface area contributed by atoms with Crippen molar-refractivity contribution in [3.8, 4) is 11.4 Å². The highest BCUT2D eigenvalue weighted by Gasteiger charge is 2.42. The Hall–Kier alpha value is -3.35. The Morgan fingerprint density at radius 3 is 2.47 bits per heavy atom. The normalized spacial score (nSPS) is 17.8. The number of phenolic OH excluding ortho intramolecular Hbond substituents is 1. The fourth-order valence-electron chi connectivity index (χ4n) is 4.86. The van der Waals surface area contributed by atoms with Crippen LogP contribution in [0.15, 0.2) is 72.9 Å². The summed E-state index contributed by atoms with van der Waals surface area (Å²) in [7, 11) is 0. The molecule has 2 atom stereocenters. The predicted molar refractivity (Wildman–Crippen MR) is 141 cm³/mol. The number of aryl methyl sites for hydroxylation is 1. The van der Waals surface area contributed by atoms with Crippen molar-refractivity contribution in [1.29, 1.82) is 0 Å². The van der Waals surface area contributed by atoms with Gasteiger partial charge in [-0.1, -0.05) is 23.7 Å². The molecule has 0 bridgehead atoms. The van der Waals surface area contributed by atoms with E-state index in [1.807, 2.05) is 49.4 Å². The standard InChI is InChI=1S/C27H25ClN4OS/c1-16-15-21(18(3)31(16)24-9-6-7-22(28)17(24)2)26-25(23-8-4-5-14-29-23)30-27(34)32(26)19-10-12-20(33)13-11-19/h4-15,25-26,33H,1-3H3,(H,30,34)/t25-,26-/m1/s1. The lowest BCUT2D eigenvalue weighted by Gasteiger charge is -2.28. The molecule has 0 unspecified atom stereocenters. The first-order chi connectivity index (χ1) is 16.4. The first-order valence-electron chi connectivity index (χ1n) is 11.1. The van der Waals surface area contributed by atoms with Crippen LogP contribution >= 0.6 is 23.8 Å². The molecule has 0 radical (unpaired) electrons. The first kappa shape index (κ1) is 22.4. The second-order valence-corrected chi connectivity index (χ2v) is 9.35. The van der Waals surface area contributed by atoms with Crippen LogP contribution in [0.25, 0.3) is 5.69 Å². The van der Waals surface area contributed by atoms with E-state index in [-0.39, 0.29) is 17.8 Å². The van der Waals surface area contributed by atoms with E-state index in [1.165, 1.54) is 0 Å². The molecule has 4 aromatic rings. The average molecular weight is 489 g/mol. The summed E-state index contributed by atoms with van der Waals surface area (Å²) in [6.07, 6.45) is 1.80. The highest BCUT2D eigenvalue weighted by molar-refractivity contribution is 7.80. The molecule has 0 spiro atoms. The lowest BCUT2D eigenvalue weighted by atomic mass is 9.96. The van der Waals surface area contributed by atoms with E-state index in [0.717, 1.165) is 44.6 Å². The fraction of sp³-hybridized carbons (Fsp3) is 0.185. The highest BCUT2D eigenvalue weighted by Crippen LogP contribution is 2.44. The zero-order chi connectivity index (χ0) is 24.0. The van der Waals surface area contributed by atoms with Crippen LogP contribution in [0.5, 0.6) is 5.75 Å². The molecule has 0 aliphatic carbocycles. The molecule has 2 N–H and O–H groups in total. The number of pyridine rings is 1. The van der Waals surface area contributed by atoms with E-state index in [2.05, 4.69) is 45.7 Å². The van der Waals surface area contributed by atoms with Gasteiger partial charge in [-0.3, -0.25) is 4.98 Å². The monoisotopic (exact) mass is 488 g/mol. The zero-order valence-electron chi connectivity index (χ0n) is 19.2. The quantitative estimate of drug-likeness (QED) is 0.328. The van der Waals surface area contributed by atoms with Gasteiger partial charge in [0.05, 0.1) is 17.8 Å². The maximum Gasteiger partial charge on any atom is 0.174 e. The van der Waals surface area contributed by atoms with Crippen LogP contribution in [-0.4, -0.2) is 19.8 Å². The van der Waals surface area contributed by atoms with E-state index in [1.54, 1.807) is 18.3 Å². The van der Waals surface area contributed by atoms with E-state index >= 15 is 0 Å². The number of hydrogen-bond acceptors (Lipinski definition) is 3. The van der Waals surface area contributed by atoms with Crippen LogP contribution in [0.2, 0.25) is 5.02 Å². The molecule has 1 saturated heterocycles. The third kappa shape index (κ3) is 3.73. The number of nitrogens with zero attached hydrogens (tertiary/aromatic N) is 3. The van der Waals surface area contributed by atoms with Crippen LogP contribution in [0.3, 0.4) is 0 Å². The Labute approximate surface area is 209 Å². The summed E-state index contributed by atoms with van der Waals surface area (Å²) in [6.45, 7) is 6.29. The van der Waals surface area contributed by atoms with Gasteiger partial charge in [-0.2, -0.15) is 0 Å². The van der Waals surface area contributed by atoms with Gasteiger partial charge in [0, 0.05) is 34.0 Å². The molecule has 2 aromatic heterocycles. The summed E-state index contributed by atoms with van der Waals surface area (Å²) in [6, 6.07) is 21.0.